The van der Waals surface area contributed by atoms with Gasteiger partial charge in [-0.25, -0.2) is 4.98 Å². The lowest BCUT2D eigenvalue weighted by Gasteiger charge is -2.35. The highest BCUT2D eigenvalue weighted by molar-refractivity contribution is 5.59. The third-order valence-electron chi connectivity index (χ3n) is 4.82. The van der Waals surface area contributed by atoms with E-state index in [1.165, 1.54) is 0 Å². The van der Waals surface area contributed by atoms with Gasteiger partial charge < -0.3 is 15.3 Å². The van der Waals surface area contributed by atoms with Crippen molar-refractivity contribution in [2.24, 2.45) is 7.05 Å². The maximum Gasteiger partial charge on any atom is 0.255 e. The summed E-state index contributed by atoms with van der Waals surface area (Å²) in [5, 5.41) is 13.2. The van der Waals surface area contributed by atoms with Gasteiger partial charge in [0.05, 0.1) is 11.7 Å². The Morgan fingerprint density at radius 1 is 1.19 bits per heavy atom. The number of nitrogens with zero attached hydrogens (tertiary/aromatic N) is 4. The van der Waals surface area contributed by atoms with Crippen LogP contribution in [0.4, 0.5) is 5.95 Å². The smallest absolute Gasteiger partial charge is 0.255 e. The van der Waals surface area contributed by atoms with Crippen LogP contribution in [0.2, 0.25) is 0 Å². The minimum absolute atomic E-state index is 0.0485. The molecule has 138 valence electrons. The lowest BCUT2D eigenvalue weighted by atomic mass is 10.0. The molecule has 0 saturated carbocycles. The zero-order chi connectivity index (χ0) is 18.8. The molecule has 0 spiro atoms. The second-order valence-corrected chi connectivity index (χ2v) is 6.62. The van der Waals surface area contributed by atoms with Crippen LogP contribution in [-0.2, 0) is 7.05 Å². The van der Waals surface area contributed by atoms with Crippen LogP contribution >= 0.6 is 0 Å². The number of hydrogen-bond donors (Lipinski definition) is 2. The molecule has 1 saturated heterocycles. The summed E-state index contributed by atoms with van der Waals surface area (Å²) in [6.07, 6.45) is 3.38. The number of aromatic hydroxyl groups is 1. The number of hydrogen-bond acceptors (Lipinski definition) is 6. The number of aromatic nitrogens is 3. The molecular weight excluding hydrogens is 342 g/mol. The maximum atomic E-state index is 12.5. The fourth-order valence-electron chi connectivity index (χ4n) is 3.38. The molecule has 1 aromatic carbocycles. The predicted molar refractivity (Wildman–Crippen MR) is 104 cm³/mol. The summed E-state index contributed by atoms with van der Waals surface area (Å²) in [6.45, 7) is 2.16. The standard InChI is InChI=1S/C20H21N5O2/c1-24-19(27)12-17(14-5-7-21-8-6-14)23-20(24)25-10-9-22-18(13-25)15-3-2-4-16(26)11-15/h2-8,11-12,18,22,26H,9-10,13H2,1H3. The highest BCUT2D eigenvalue weighted by atomic mass is 16.3. The summed E-state index contributed by atoms with van der Waals surface area (Å²) in [5.41, 5.74) is 2.42. The summed E-state index contributed by atoms with van der Waals surface area (Å²) in [6, 6.07) is 12.5. The Morgan fingerprint density at radius 2 is 2.00 bits per heavy atom. The lowest BCUT2D eigenvalue weighted by Crippen LogP contribution is -2.47. The lowest BCUT2D eigenvalue weighted by molar-refractivity contribution is 0.452. The fraction of sp³-hybridized carbons (Fsp3) is 0.250. The number of rotatable bonds is 3. The van der Waals surface area contributed by atoms with Crippen LogP contribution in [-0.4, -0.2) is 39.3 Å². The first-order chi connectivity index (χ1) is 13.1. The van der Waals surface area contributed by atoms with Crippen LogP contribution in [0.5, 0.6) is 5.75 Å². The van der Waals surface area contributed by atoms with Gasteiger partial charge in [0.1, 0.15) is 5.75 Å². The molecule has 3 heterocycles. The summed E-state index contributed by atoms with van der Waals surface area (Å²) in [7, 11) is 1.74. The number of phenols is 1. The van der Waals surface area contributed by atoms with Crippen molar-refractivity contribution in [1.29, 1.82) is 0 Å². The van der Waals surface area contributed by atoms with Gasteiger partial charge in [-0.15, -0.1) is 0 Å². The van der Waals surface area contributed by atoms with E-state index in [4.69, 9.17) is 4.98 Å². The maximum absolute atomic E-state index is 12.5. The normalized spacial score (nSPS) is 17.1. The Hall–Kier alpha value is -3.19. The molecule has 1 aliphatic rings. The zero-order valence-electron chi connectivity index (χ0n) is 15.0. The van der Waals surface area contributed by atoms with Crippen molar-refractivity contribution in [3.63, 3.8) is 0 Å². The van der Waals surface area contributed by atoms with Gasteiger partial charge in [-0.2, -0.15) is 0 Å². The molecule has 27 heavy (non-hydrogen) atoms. The second-order valence-electron chi connectivity index (χ2n) is 6.62. The molecule has 1 unspecified atom stereocenters. The number of pyridine rings is 1. The van der Waals surface area contributed by atoms with E-state index in [2.05, 4.69) is 15.2 Å². The van der Waals surface area contributed by atoms with Gasteiger partial charge in [0.25, 0.3) is 5.56 Å². The molecule has 1 aliphatic heterocycles. The molecule has 2 aromatic heterocycles. The number of phenolic OH excluding ortho intramolecular Hbond substituents is 1. The molecule has 0 amide bonds. The molecule has 2 N–H and O–H groups in total. The summed E-state index contributed by atoms with van der Waals surface area (Å²) in [4.78, 5) is 23.4. The highest BCUT2D eigenvalue weighted by Crippen LogP contribution is 2.24. The highest BCUT2D eigenvalue weighted by Gasteiger charge is 2.24. The van der Waals surface area contributed by atoms with Gasteiger partial charge in [0, 0.05) is 50.7 Å². The number of piperazine rings is 1. The topological polar surface area (TPSA) is 83.3 Å². The van der Waals surface area contributed by atoms with Gasteiger partial charge in [0.2, 0.25) is 5.95 Å². The number of anilines is 1. The van der Waals surface area contributed by atoms with E-state index in [1.54, 1.807) is 42.2 Å². The Labute approximate surface area is 156 Å². The Kier molecular flexibility index (Phi) is 4.60. The molecule has 0 bridgehead atoms. The third kappa shape index (κ3) is 3.54. The summed E-state index contributed by atoms with van der Waals surface area (Å²) < 4.78 is 1.58. The van der Waals surface area contributed by atoms with E-state index in [9.17, 15) is 9.90 Å². The first kappa shape index (κ1) is 17.2. The molecule has 1 fully saturated rings. The minimum atomic E-state index is -0.0979. The minimum Gasteiger partial charge on any atom is -0.508 e. The number of benzene rings is 1. The molecule has 3 aromatic rings. The van der Waals surface area contributed by atoms with Crippen LogP contribution in [0.3, 0.4) is 0 Å². The molecular formula is C20H21N5O2. The Morgan fingerprint density at radius 3 is 2.78 bits per heavy atom. The van der Waals surface area contributed by atoms with E-state index in [1.807, 2.05) is 24.3 Å². The van der Waals surface area contributed by atoms with Crippen molar-refractivity contribution in [3.8, 4) is 17.0 Å². The molecule has 7 nitrogen and oxygen atoms in total. The molecule has 1 atom stereocenters. The van der Waals surface area contributed by atoms with Crippen molar-refractivity contribution in [2.75, 3.05) is 24.5 Å². The quantitative estimate of drug-likeness (QED) is 0.737. The van der Waals surface area contributed by atoms with Gasteiger partial charge in [0.15, 0.2) is 0 Å². The largest absolute Gasteiger partial charge is 0.508 e. The van der Waals surface area contributed by atoms with E-state index >= 15 is 0 Å². The Bertz CT molecular complexity index is 1000. The van der Waals surface area contributed by atoms with Crippen molar-refractivity contribution in [1.82, 2.24) is 19.9 Å². The van der Waals surface area contributed by atoms with E-state index in [0.29, 0.717) is 18.2 Å². The van der Waals surface area contributed by atoms with Crippen molar-refractivity contribution in [2.45, 2.75) is 6.04 Å². The van der Waals surface area contributed by atoms with Crippen LogP contribution in [0.15, 0.2) is 59.7 Å². The summed E-state index contributed by atoms with van der Waals surface area (Å²) >= 11 is 0. The molecule has 7 heteroatoms. The van der Waals surface area contributed by atoms with Crippen LogP contribution in [0, 0.1) is 0 Å². The van der Waals surface area contributed by atoms with E-state index in [0.717, 1.165) is 24.2 Å². The van der Waals surface area contributed by atoms with Gasteiger partial charge in [-0.05, 0) is 29.8 Å². The first-order valence-corrected chi connectivity index (χ1v) is 8.87. The predicted octanol–water partition coefficient (Wildman–Crippen LogP) is 1.70. The monoisotopic (exact) mass is 363 g/mol. The van der Waals surface area contributed by atoms with Crippen LogP contribution in [0.1, 0.15) is 11.6 Å². The second kappa shape index (κ2) is 7.20. The van der Waals surface area contributed by atoms with Crippen LogP contribution in [0.25, 0.3) is 11.3 Å². The van der Waals surface area contributed by atoms with Gasteiger partial charge in [-0.3, -0.25) is 14.3 Å². The summed E-state index contributed by atoms with van der Waals surface area (Å²) in [5.74, 6) is 0.887. The van der Waals surface area contributed by atoms with E-state index < -0.39 is 0 Å². The SMILES string of the molecule is Cn1c(N2CCNC(c3cccc(O)c3)C2)nc(-c2ccncc2)cc1=O. The third-order valence-corrected chi connectivity index (χ3v) is 4.82. The zero-order valence-corrected chi connectivity index (χ0v) is 15.0. The van der Waals surface area contributed by atoms with Gasteiger partial charge >= 0.3 is 0 Å². The molecule has 0 aliphatic carbocycles. The fourth-order valence-corrected chi connectivity index (χ4v) is 3.38. The van der Waals surface area contributed by atoms with Crippen molar-refractivity contribution in [3.05, 3.63) is 70.8 Å². The van der Waals surface area contributed by atoms with Crippen LogP contribution < -0.4 is 15.8 Å². The average molecular weight is 363 g/mol. The number of nitrogens with one attached hydrogen (secondary N) is 1. The average Bonchev–Trinajstić information content (AvgIpc) is 2.71. The molecule has 4 rings (SSSR count). The van der Waals surface area contributed by atoms with Crippen molar-refractivity contribution >= 4 is 5.95 Å². The van der Waals surface area contributed by atoms with Gasteiger partial charge in [-0.1, -0.05) is 12.1 Å². The Balaban J connectivity index is 1.68. The van der Waals surface area contributed by atoms with Crippen molar-refractivity contribution < 1.29 is 5.11 Å². The van der Waals surface area contributed by atoms with E-state index in [-0.39, 0.29) is 17.4 Å². The molecule has 0 radical (unpaired) electrons. The first-order valence-electron chi connectivity index (χ1n) is 8.87.